The lowest BCUT2D eigenvalue weighted by atomic mass is 10.2. The average Bonchev–Trinajstić information content (AvgIpc) is 2.64. The highest BCUT2D eigenvalue weighted by Crippen LogP contribution is 2.04. The maximum absolute atomic E-state index is 4.98. The number of nitrogens with one attached hydrogen (secondary N) is 1. The zero-order valence-electron chi connectivity index (χ0n) is 8.90. The Labute approximate surface area is 98.8 Å². The molecule has 2 aliphatic heterocycles. The van der Waals surface area contributed by atoms with Crippen molar-refractivity contribution in [2.24, 2.45) is 20.0 Å². The van der Waals surface area contributed by atoms with Crippen molar-refractivity contribution in [1.82, 2.24) is 5.32 Å². The van der Waals surface area contributed by atoms with Gasteiger partial charge in [0.2, 0.25) is 5.11 Å². The van der Waals surface area contributed by atoms with Gasteiger partial charge in [-0.05, 0) is 25.6 Å². The summed E-state index contributed by atoms with van der Waals surface area (Å²) < 4.78 is 0. The van der Waals surface area contributed by atoms with Crippen LogP contribution >= 0.6 is 12.2 Å². The summed E-state index contributed by atoms with van der Waals surface area (Å²) in [6, 6.07) is 0. The highest BCUT2D eigenvalue weighted by atomic mass is 32.1. The highest BCUT2D eigenvalue weighted by Gasteiger charge is 2.24. The van der Waals surface area contributed by atoms with Gasteiger partial charge in [0.15, 0.2) is 17.4 Å². The summed E-state index contributed by atoms with van der Waals surface area (Å²) in [4.78, 5) is 16.5. The average molecular weight is 233 g/mol. The van der Waals surface area contributed by atoms with Crippen LogP contribution < -0.4 is 5.32 Å². The van der Waals surface area contributed by atoms with Crippen molar-refractivity contribution in [3.63, 3.8) is 0 Å². The monoisotopic (exact) mass is 233 g/mol. The van der Waals surface area contributed by atoms with E-state index in [-0.39, 0.29) is 0 Å². The normalized spacial score (nSPS) is 20.3. The number of fused-ring (bicyclic) bond motifs is 1. The van der Waals surface area contributed by atoms with Gasteiger partial charge < -0.3 is 5.32 Å². The second-order valence-corrected chi connectivity index (χ2v) is 3.91. The quantitative estimate of drug-likeness (QED) is 0.586. The van der Waals surface area contributed by atoms with E-state index in [1.54, 1.807) is 0 Å². The molecule has 0 spiro atoms. The molecule has 0 radical (unpaired) electrons. The molecule has 0 aliphatic carbocycles. The smallest absolute Gasteiger partial charge is 0.200 e. The van der Waals surface area contributed by atoms with Crippen LogP contribution in [0.3, 0.4) is 0 Å². The first-order valence-electron chi connectivity index (χ1n) is 4.86. The zero-order valence-corrected chi connectivity index (χ0v) is 9.71. The molecule has 1 N–H and O–H groups in total. The lowest BCUT2D eigenvalue weighted by molar-refractivity contribution is 0.951. The van der Waals surface area contributed by atoms with E-state index < -0.39 is 0 Å². The first-order chi connectivity index (χ1) is 7.66. The number of nitrogens with zero attached hydrogens (tertiary/aromatic N) is 4. The molecule has 2 heterocycles. The third-order valence-electron chi connectivity index (χ3n) is 2.04. The molecule has 0 aromatic rings. The van der Waals surface area contributed by atoms with Gasteiger partial charge >= 0.3 is 0 Å². The molecule has 0 unspecified atom stereocenters. The Kier molecular flexibility index (Phi) is 3.00. The van der Waals surface area contributed by atoms with E-state index in [1.165, 1.54) is 6.34 Å². The maximum Gasteiger partial charge on any atom is 0.200 e. The minimum atomic E-state index is 0.377. The van der Waals surface area contributed by atoms with Crippen molar-refractivity contribution < 1.29 is 0 Å². The Hall–Kier alpha value is -1.69. The van der Waals surface area contributed by atoms with Crippen LogP contribution in [-0.2, 0) is 0 Å². The number of amidine groups is 2. The SMILES string of the molecule is C=C(C)CCN=C1NC(=S)N=C2N=CN=C21. The third-order valence-corrected chi connectivity index (χ3v) is 2.24. The molecule has 0 fully saturated rings. The van der Waals surface area contributed by atoms with Crippen molar-refractivity contribution in [3.05, 3.63) is 12.2 Å². The molecule has 0 aromatic carbocycles. The number of hydrogen-bond acceptors (Lipinski definition) is 4. The molecule has 0 bridgehead atoms. The van der Waals surface area contributed by atoms with Crippen LogP contribution in [0.2, 0.25) is 0 Å². The fraction of sp³-hybridized carbons (Fsp3) is 0.300. The fourth-order valence-electron chi connectivity index (χ4n) is 1.27. The molecule has 82 valence electrons. The summed E-state index contributed by atoms with van der Waals surface area (Å²) in [5, 5.41) is 3.29. The van der Waals surface area contributed by atoms with E-state index in [9.17, 15) is 0 Å². The second kappa shape index (κ2) is 4.44. The second-order valence-electron chi connectivity index (χ2n) is 3.53. The zero-order chi connectivity index (χ0) is 11.5. The van der Waals surface area contributed by atoms with Gasteiger partial charge in [0, 0.05) is 6.54 Å². The van der Waals surface area contributed by atoms with E-state index in [0.717, 1.165) is 12.0 Å². The van der Waals surface area contributed by atoms with Crippen molar-refractivity contribution in [2.75, 3.05) is 6.54 Å². The summed E-state index contributed by atoms with van der Waals surface area (Å²) in [5.74, 6) is 1.19. The first-order valence-corrected chi connectivity index (χ1v) is 5.27. The van der Waals surface area contributed by atoms with Gasteiger partial charge in [-0.1, -0.05) is 5.57 Å². The van der Waals surface area contributed by atoms with Crippen LogP contribution in [0.4, 0.5) is 0 Å². The molecule has 0 aromatic heterocycles. The van der Waals surface area contributed by atoms with Crippen LogP contribution in [0.5, 0.6) is 0 Å². The van der Waals surface area contributed by atoms with Gasteiger partial charge in [-0.15, -0.1) is 6.58 Å². The van der Waals surface area contributed by atoms with Gasteiger partial charge in [-0.2, -0.15) is 4.99 Å². The molecule has 2 aliphatic rings. The minimum absolute atomic E-state index is 0.377. The highest BCUT2D eigenvalue weighted by molar-refractivity contribution is 7.80. The van der Waals surface area contributed by atoms with Crippen LogP contribution in [0.1, 0.15) is 13.3 Å². The lowest BCUT2D eigenvalue weighted by Crippen LogP contribution is -2.42. The van der Waals surface area contributed by atoms with Crippen molar-refractivity contribution >= 4 is 41.1 Å². The summed E-state index contributed by atoms with van der Waals surface area (Å²) >= 11 is 4.98. The van der Waals surface area contributed by atoms with Gasteiger partial charge in [0.1, 0.15) is 6.34 Å². The Balaban J connectivity index is 2.14. The molecular formula is C10H11N5S. The minimum Gasteiger partial charge on any atom is -0.314 e. The summed E-state index contributed by atoms with van der Waals surface area (Å²) in [5.41, 5.74) is 1.76. The predicted molar refractivity (Wildman–Crippen MR) is 70.8 cm³/mol. The third kappa shape index (κ3) is 2.27. The lowest BCUT2D eigenvalue weighted by Gasteiger charge is -2.13. The van der Waals surface area contributed by atoms with Crippen LogP contribution in [0.25, 0.3) is 0 Å². The first kappa shape index (κ1) is 10.8. The number of hydrogen-bond donors (Lipinski definition) is 1. The molecule has 5 nitrogen and oxygen atoms in total. The van der Waals surface area contributed by atoms with E-state index in [2.05, 4.69) is 31.9 Å². The van der Waals surface area contributed by atoms with Crippen molar-refractivity contribution in [2.45, 2.75) is 13.3 Å². The number of thiocarbonyl (C=S) groups is 1. The van der Waals surface area contributed by atoms with Crippen molar-refractivity contribution in [1.29, 1.82) is 0 Å². The van der Waals surface area contributed by atoms with Crippen LogP contribution in [-0.4, -0.2) is 35.4 Å². The topological polar surface area (TPSA) is 61.5 Å². The molecular weight excluding hydrogens is 222 g/mol. The van der Waals surface area contributed by atoms with Gasteiger partial charge in [-0.3, -0.25) is 4.99 Å². The summed E-state index contributed by atoms with van der Waals surface area (Å²) in [6.07, 6.45) is 2.30. The summed E-state index contributed by atoms with van der Waals surface area (Å²) in [7, 11) is 0. The van der Waals surface area contributed by atoms with E-state index in [4.69, 9.17) is 12.2 Å². The largest absolute Gasteiger partial charge is 0.314 e. The van der Waals surface area contributed by atoms with E-state index in [0.29, 0.717) is 29.0 Å². The molecule has 0 atom stereocenters. The molecule has 2 rings (SSSR count). The van der Waals surface area contributed by atoms with Crippen LogP contribution in [0.15, 0.2) is 32.1 Å². The molecule has 0 saturated carbocycles. The van der Waals surface area contributed by atoms with E-state index in [1.807, 2.05) is 6.92 Å². The number of rotatable bonds is 3. The molecule has 16 heavy (non-hydrogen) atoms. The molecule has 0 amide bonds. The van der Waals surface area contributed by atoms with Crippen LogP contribution in [0, 0.1) is 0 Å². The standard InChI is InChI=1S/C10H11N5S/c1-6(2)3-4-11-8-7-9(13-5-12-7)15-10(16)14-8/h5H,1,3-4H2,2H3,(H,11,14,16). The van der Waals surface area contributed by atoms with Gasteiger partial charge in [-0.25, -0.2) is 9.98 Å². The number of aliphatic imine (C=N–C) groups is 4. The Morgan fingerprint density at radius 3 is 3.19 bits per heavy atom. The molecule has 0 saturated heterocycles. The van der Waals surface area contributed by atoms with Gasteiger partial charge in [0.05, 0.1) is 0 Å². The predicted octanol–water partition coefficient (Wildman–Crippen LogP) is 1.12. The Morgan fingerprint density at radius 2 is 2.44 bits per heavy atom. The Morgan fingerprint density at radius 1 is 1.62 bits per heavy atom. The van der Waals surface area contributed by atoms with E-state index >= 15 is 0 Å². The Bertz CT molecular complexity index is 470. The van der Waals surface area contributed by atoms with Gasteiger partial charge in [0.25, 0.3) is 0 Å². The van der Waals surface area contributed by atoms with Crippen molar-refractivity contribution in [3.8, 4) is 0 Å². The summed E-state index contributed by atoms with van der Waals surface area (Å²) in [6.45, 7) is 6.46. The molecule has 6 heteroatoms. The fourth-order valence-corrected chi connectivity index (χ4v) is 1.45. The maximum atomic E-state index is 4.98.